The average molecular weight is 370 g/mol. The number of rotatable bonds is 4. The van der Waals surface area contributed by atoms with Gasteiger partial charge >= 0.3 is 10.1 Å². The zero-order chi connectivity index (χ0) is 15.6. The molecule has 21 heavy (non-hydrogen) atoms. The molecule has 2 aromatic rings. The molecular weight excluding hydrogens is 358 g/mol. The highest BCUT2D eigenvalue weighted by Crippen LogP contribution is 2.27. The molecule has 0 aliphatic carbocycles. The molecule has 0 saturated heterocycles. The van der Waals surface area contributed by atoms with E-state index in [-0.39, 0.29) is 16.2 Å². The summed E-state index contributed by atoms with van der Waals surface area (Å²) < 4.78 is 30.1. The monoisotopic (exact) mass is 369 g/mol. The number of carbonyl (C=O) groups excluding carboxylic acids is 1. The third-order valence-corrected chi connectivity index (χ3v) is 4.96. The van der Waals surface area contributed by atoms with Crippen molar-refractivity contribution in [2.45, 2.75) is 11.8 Å². The molecule has 0 heterocycles. The number of hydrogen-bond acceptors (Lipinski definition) is 4. The number of benzene rings is 2. The first-order valence-corrected chi connectivity index (χ1v) is 8.11. The molecule has 2 aromatic carbocycles. The topological polar surface area (TPSA) is 86.5 Å². The number of amides is 1. The fraction of sp³-hybridized carbons (Fsp3) is 0.0714. The van der Waals surface area contributed by atoms with E-state index in [1.807, 2.05) is 0 Å². The summed E-state index contributed by atoms with van der Waals surface area (Å²) in [6.07, 6.45) is 0. The second-order valence-electron chi connectivity index (χ2n) is 4.33. The van der Waals surface area contributed by atoms with Gasteiger partial charge in [0.05, 0.1) is 5.56 Å². The van der Waals surface area contributed by atoms with Crippen LogP contribution in [0.1, 0.15) is 15.9 Å². The van der Waals surface area contributed by atoms with E-state index in [0.29, 0.717) is 4.47 Å². The highest BCUT2D eigenvalue weighted by Gasteiger charge is 2.22. The van der Waals surface area contributed by atoms with Crippen LogP contribution >= 0.6 is 15.9 Å². The minimum atomic E-state index is -4.07. The summed E-state index contributed by atoms with van der Waals surface area (Å²) in [5, 5.41) is 0. The van der Waals surface area contributed by atoms with Crippen LogP contribution in [0.4, 0.5) is 0 Å². The number of carbonyl (C=O) groups is 1. The first kappa shape index (κ1) is 15.5. The Morgan fingerprint density at radius 3 is 2.48 bits per heavy atom. The van der Waals surface area contributed by atoms with Crippen LogP contribution in [0, 0.1) is 6.92 Å². The van der Waals surface area contributed by atoms with E-state index in [9.17, 15) is 13.2 Å². The van der Waals surface area contributed by atoms with E-state index >= 15 is 0 Å². The zero-order valence-electron chi connectivity index (χ0n) is 11.0. The van der Waals surface area contributed by atoms with Gasteiger partial charge < -0.3 is 9.92 Å². The normalized spacial score (nSPS) is 11.1. The van der Waals surface area contributed by atoms with Crippen LogP contribution < -0.4 is 9.92 Å². The van der Waals surface area contributed by atoms with E-state index < -0.39 is 16.0 Å². The van der Waals surface area contributed by atoms with Gasteiger partial charge in [0.1, 0.15) is 4.90 Å². The van der Waals surface area contributed by atoms with Crippen molar-refractivity contribution in [3.63, 3.8) is 0 Å². The molecule has 0 aliphatic heterocycles. The lowest BCUT2D eigenvalue weighted by Crippen LogP contribution is -2.16. The fourth-order valence-electron chi connectivity index (χ4n) is 1.71. The Kier molecular flexibility index (Phi) is 4.34. The van der Waals surface area contributed by atoms with Gasteiger partial charge in [-0.2, -0.15) is 8.42 Å². The van der Waals surface area contributed by atoms with Crippen molar-refractivity contribution in [2.75, 3.05) is 0 Å². The molecule has 0 unspecified atom stereocenters. The molecule has 0 spiro atoms. The number of primary amides is 1. The second kappa shape index (κ2) is 5.87. The maximum absolute atomic E-state index is 12.3. The first-order chi connectivity index (χ1) is 9.81. The maximum atomic E-state index is 12.3. The summed E-state index contributed by atoms with van der Waals surface area (Å²) in [6.45, 7) is 1.75. The molecule has 2 rings (SSSR count). The molecular formula is C14H12BrNO4S. The number of hydrogen-bond donors (Lipinski definition) is 1. The minimum absolute atomic E-state index is 0.0104. The average Bonchev–Trinajstić information content (AvgIpc) is 2.38. The van der Waals surface area contributed by atoms with Crippen molar-refractivity contribution in [3.05, 3.63) is 58.1 Å². The standard InChI is InChI=1S/C14H12BrNO4S/c1-9-6-7-10(14(16)17)12(8-9)20-21(18,19)13-5-3-2-4-11(13)15/h2-8H,1H3,(H2,16,17). The first-order valence-electron chi connectivity index (χ1n) is 5.91. The summed E-state index contributed by atoms with van der Waals surface area (Å²) in [6, 6.07) is 10.8. The summed E-state index contributed by atoms with van der Waals surface area (Å²) in [5.74, 6) is -0.842. The van der Waals surface area contributed by atoms with Gasteiger partial charge in [-0.15, -0.1) is 0 Å². The number of aryl methyl sites for hydroxylation is 1. The van der Waals surface area contributed by atoms with Crippen molar-refractivity contribution in [1.29, 1.82) is 0 Å². The van der Waals surface area contributed by atoms with Gasteiger partial charge in [0, 0.05) is 4.47 Å². The fourth-order valence-corrected chi connectivity index (χ4v) is 3.61. The van der Waals surface area contributed by atoms with Gasteiger partial charge in [-0.25, -0.2) is 0 Å². The Bertz CT molecular complexity index is 802. The third-order valence-electron chi connectivity index (χ3n) is 2.71. The Balaban J connectivity index is 2.49. The predicted octanol–water partition coefficient (Wildman–Crippen LogP) is 2.62. The lowest BCUT2D eigenvalue weighted by atomic mass is 10.1. The van der Waals surface area contributed by atoms with Gasteiger partial charge in [0.15, 0.2) is 5.75 Å². The summed E-state index contributed by atoms with van der Waals surface area (Å²) in [7, 11) is -4.07. The van der Waals surface area contributed by atoms with Gasteiger partial charge in [0.2, 0.25) is 0 Å². The lowest BCUT2D eigenvalue weighted by molar-refractivity contribution is 0.0999. The molecule has 0 saturated carbocycles. The highest BCUT2D eigenvalue weighted by molar-refractivity contribution is 9.10. The van der Waals surface area contributed by atoms with Crippen molar-refractivity contribution >= 4 is 32.0 Å². The molecule has 0 bridgehead atoms. The van der Waals surface area contributed by atoms with Crippen LogP contribution in [0.5, 0.6) is 5.75 Å². The smallest absolute Gasteiger partial charge is 0.340 e. The molecule has 0 fully saturated rings. The summed E-state index contributed by atoms with van der Waals surface area (Å²) in [4.78, 5) is 11.3. The van der Waals surface area contributed by atoms with E-state index in [4.69, 9.17) is 9.92 Å². The van der Waals surface area contributed by atoms with E-state index in [1.165, 1.54) is 18.2 Å². The van der Waals surface area contributed by atoms with Crippen LogP contribution in [-0.4, -0.2) is 14.3 Å². The largest absolute Gasteiger partial charge is 0.378 e. The predicted molar refractivity (Wildman–Crippen MR) is 81.7 cm³/mol. The van der Waals surface area contributed by atoms with Gasteiger partial charge in [0.25, 0.3) is 5.91 Å². The Morgan fingerprint density at radius 1 is 1.19 bits per heavy atom. The maximum Gasteiger partial charge on any atom is 0.340 e. The van der Waals surface area contributed by atoms with E-state index in [1.54, 1.807) is 31.2 Å². The minimum Gasteiger partial charge on any atom is -0.378 e. The molecule has 110 valence electrons. The van der Waals surface area contributed by atoms with Crippen molar-refractivity contribution in [2.24, 2.45) is 5.73 Å². The lowest BCUT2D eigenvalue weighted by Gasteiger charge is -2.11. The van der Waals surface area contributed by atoms with Crippen LogP contribution in [0.25, 0.3) is 0 Å². The molecule has 1 amide bonds. The second-order valence-corrected chi connectivity index (χ2v) is 6.70. The molecule has 0 radical (unpaired) electrons. The Hall–Kier alpha value is -1.86. The molecule has 2 N–H and O–H groups in total. The molecule has 0 atom stereocenters. The molecule has 5 nitrogen and oxygen atoms in total. The van der Waals surface area contributed by atoms with Crippen molar-refractivity contribution in [1.82, 2.24) is 0 Å². The zero-order valence-corrected chi connectivity index (χ0v) is 13.4. The van der Waals surface area contributed by atoms with E-state index in [2.05, 4.69) is 15.9 Å². The van der Waals surface area contributed by atoms with Gasteiger partial charge in [-0.3, -0.25) is 4.79 Å². The summed E-state index contributed by atoms with van der Waals surface area (Å²) in [5.41, 5.74) is 5.99. The van der Waals surface area contributed by atoms with Crippen LogP contribution in [-0.2, 0) is 10.1 Å². The van der Waals surface area contributed by atoms with Crippen LogP contribution in [0.15, 0.2) is 51.8 Å². The van der Waals surface area contributed by atoms with Gasteiger partial charge in [-0.05, 0) is 52.7 Å². The molecule has 0 aliphatic rings. The SMILES string of the molecule is Cc1ccc(C(N)=O)c(OS(=O)(=O)c2ccccc2Br)c1. The highest BCUT2D eigenvalue weighted by atomic mass is 79.9. The van der Waals surface area contributed by atoms with Crippen molar-refractivity contribution in [3.8, 4) is 5.75 Å². The number of nitrogens with two attached hydrogens (primary N) is 1. The molecule has 0 aromatic heterocycles. The quantitative estimate of drug-likeness (QED) is 0.839. The third kappa shape index (κ3) is 3.43. The van der Waals surface area contributed by atoms with E-state index in [0.717, 1.165) is 5.56 Å². The Morgan fingerprint density at radius 2 is 1.86 bits per heavy atom. The molecule has 7 heteroatoms. The van der Waals surface area contributed by atoms with Crippen LogP contribution in [0.3, 0.4) is 0 Å². The summed E-state index contributed by atoms with van der Waals surface area (Å²) >= 11 is 3.16. The van der Waals surface area contributed by atoms with Crippen LogP contribution in [0.2, 0.25) is 0 Å². The Labute approximate surface area is 131 Å². The van der Waals surface area contributed by atoms with Crippen molar-refractivity contribution < 1.29 is 17.4 Å². The number of halogens is 1. The van der Waals surface area contributed by atoms with Gasteiger partial charge in [-0.1, -0.05) is 18.2 Å².